The van der Waals surface area contributed by atoms with Crippen LogP contribution in [-0.2, 0) is 4.79 Å². The first-order chi connectivity index (χ1) is 11.1. The molecule has 2 aromatic rings. The van der Waals surface area contributed by atoms with Crippen molar-refractivity contribution in [3.8, 4) is 0 Å². The third kappa shape index (κ3) is 4.68. The molecule has 4 heteroatoms. The predicted octanol–water partition coefficient (Wildman–Crippen LogP) is 3.03. The third-order valence-electron chi connectivity index (χ3n) is 3.92. The largest absolute Gasteiger partial charge is 0.352 e. The van der Waals surface area contributed by atoms with Gasteiger partial charge < -0.3 is 10.2 Å². The minimum absolute atomic E-state index is 0.00789. The molecule has 0 saturated carbocycles. The van der Waals surface area contributed by atoms with E-state index in [0.717, 1.165) is 5.56 Å². The molecule has 0 aromatic heterocycles. The van der Waals surface area contributed by atoms with Gasteiger partial charge in [-0.3, -0.25) is 9.59 Å². The van der Waals surface area contributed by atoms with Crippen molar-refractivity contribution in [3.63, 3.8) is 0 Å². The van der Waals surface area contributed by atoms with Gasteiger partial charge in [0.1, 0.15) is 0 Å². The highest BCUT2D eigenvalue weighted by Gasteiger charge is 2.17. The van der Waals surface area contributed by atoms with E-state index in [0.29, 0.717) is 12.1 Å². The molecule has 2 aromatic carbocycles. The SMILES string of the molecule is CC(c1ccccc1)N(C)C(=O)CCNC(=O)c1ccccc1. The average molecular weight is 310 g/mol. The van der Waals surface area contributed by atoms with E-state index in [2.05, 4.69) is 5.32 Å². The number of nitrogens with zero attached hydrogens (tertiary/aromatic N) is 1. The fraction of sp³-hybridized carbons (Fsp3) is 0.263. The Morgan fingerprint density at radius 1 is 1.00 bits per heavy atom. The van der Waals surface area contributed by atoms with Gasteiger partial charge in [-0.25, -0.2) is 0 Å². The van der Waals surface area contributed by atoms with Crippen molar-refractivity contribution >= 4 is 11.8 Å². The second-order valence-corrected chi connectivity index (χ2v) is 5.46. The van der Waals surface area contributed by atoms with Gasteiger partial charge >= 0.3 is 0 Å². The maximum Gasteiger partial charge on any atom is 0.251 e. The van der Waals surface area contributed by atoms with Gasteiger partial charge in [0.05, 0.1) is 6.04 Å². The van der Waals surface area contributed by atoms with E-state index in [1.807, 2.05) is 55.5 Å². The zero-order valence-electron chi connectivity index (χ0n) is 13.5. The first kappa shape index (κ1) is 16.7. The molecule has 0 aliphatic heterocycles. The van der Waals surface area contributed by atoms with Crippen molar-refractivity contribution < 1.29 is 9.59 Å². The summed E-state index contributed by atoms with van der Waals surface area (Å²) in [6.07, 6.45) is 0.284. The standard InChI is InChI=1S/C19H22N2O2/c1-15(16-9-5-3-6-10-16)21(2)18(22)13-14-20-19(23)17-11-7-4-8-12-17/h3-12,15H,13-14H2,1-2H3,(H,20,23). The molecule has 0 aliphatic rings. The van der Waals surface area contributed by atoms with Crippen LogP contribution < -0.4 is 5.32 Å². The molecule has 0 fully saturated rings. The lowest BCUT2D eigenvalue weighted by atomic mass is 10.1. The first-order valence-corrected chi connectivity index (χ1v) is 7.73. The topological polar surface area (TPSA) is 49.4 Å². The van der Waals surface area contributed by atoms with Crippen LogP contribution in [-0.4, -0.2) is 30.3 Å². The van der Waals surface area contributed by atoms with Gasteiger partial charge in [-0.1, -0.05) is 48.5 Å². The zero-order chi connectivity index (χ0) is 16.7. The Bertz CT molecular complexity index is 641. The van der Waals surface area contributed by atoms with Crippen LogP contribution in [0.25, 0.3) is 0 Å². The Balaban J connectivity index is 1.81. The van der Waals surface area contributed by atoms with E-state index in [9.17, 15) is 9.59 Å². The van der Waals surface area contributed by atoms with Crippen molar-refractivity contribution in [2.75, 3.05) is 13.6 Å². The van der Waals surface area contributed by atoms with E-state index in [-0.39, 0.29) is 24.3 Å². The number of nitrogens with one attached hydrogen (secondary N) is 1. The second-order valence-electron chi connectivity index (χ2n) is 5.46. The molecule has 0 radical (unpaired) electrons. The maximum absolute atomic E-state index is 12.3. The van der Waals surface area contributed by atoms with E-state index in [1.165, 1.54) is 0 Å². The summed E-state index contributed by atoms with van der Waals surface area (Å²) in [6.45, 7) is 2.33. The Labute approximate surface area is 137 Å². The minimum Gasteiger partial charge on any atom is -0.352 e. The number of rotatable bonds is 6. The van der Waals surface area contributed by atoms with Crippen LogP contribution in [0.5, 0.6) is 0 Å². The van der Waals surface area contributed by atoms with Crippen LogP contribution in [0.2, 0.25) is 0 Å². The number of amides is 2. The van der Waals surface area contributed by atoms with Gasteiger partial charge in [-0.15, -0.1) is 0 Å². The third-order valence-corrected chi connectivity index (χ3v) is 3.92. The molecule has 0 bridgehead atoms. The molecule has 0 heterocycles. The normalized spacial score (nSPS) is 11.6. The molecule has 0 aliphatic carbocycles. The lowest BCUT2D eigenvalue weighted by Gasteiger charge is -2.25. The van der Waals surface area contributed by atoms with Crippen molar-refractivity contribution in [1.29, 1.82) is 0 Å². The summed E-state index contributed by atoms with van der Waals surface area (Å²) in [5, 5.41) is 2.78. The molecule has 1 N–H and O–H groups in total. The molecule has 1 atom stereocenters. The number of carbonyl (C=O) groups excluding carboxylic acids is 2. The van der Waals surface area contributed by atoms with E-state index in [4.69, 9.17) is 0 Å². The fourth-order valence-corrected chi connectivity index (χ4v) is 2.32. The highest BCUT2D eigenvalue weighted by Crippen LogP contribution is 2.18. The summed E-state index contributed by atoms with van der Waals surface area (Å²) in [5.74, 6) is -0.146. The second kappa shape index (κ2) is 8.13. The molecule has 0 saturated heterocycles. The smallest absolute Gasteiger partial charge is 0.251 e. The Morgan fingerprint density at radius 3 is 2.17 bits per heavy atom. The number of hydrogen-bond donors (Lipinski definition) is 1. The molecule has 23 heavy (non-hydrogen) atoms. The van der Waals surface area contributed by atoms with E-state index in [1.54, 1.807) is 24.1 Å². The van der Waals surface area contributed by atoms with Crippen molar-refractivity contribution in [1.82, 2.24) is 10.2 Å². The highest BCUT2D eigenvalue weighted by molar-refractivity contribution is 5.94. The number of benzene rings is 2. The summed E-state index contributed by atoms with van der Waals surface area (Å²) in [6, 6.07) is 18.9. The van der Waals surface area contributed by atoms with Crippen molar-refractivity contribution in [2.24, 2.45) is 0 Å². The molecule has 4 nitrogen and oxygen atoms in total. The van der Waals surface area contributed by atoms with Crippen molar-refractivity contribution in [3.05, 3.63) is 71.8 Å². The Kier molecular flexibility index (Phi) is 5.92. The highest BCUT2D eigenvalue weighted by atomic mass is 16.2. The number of carbonyl (C=O) groups is 2. The van der Waals surface area contributed by atoms with Gasteiger partial charge in [0.15, 0.2) is 0 Å². The van der Waals surface area contributed by atoms with Crippen LogP contribution in [0, 0.1) is 0 Å². The molecule has 0 spiro atoms. The lowest BCUT2D eigenvalue weighted by molar-refractivity contribution is -0.131. The molecule has 2 rings (SSSR count). The quantitative estimate of drug-likeness (QED) is 0.891. The summed E-state index contributed by atoms with van der Waals surface area (Å²) in [7, 11) is 1.79. The van der Waals surface area contributed by atoms with Crippen LogP contribution >= 0.6 is 0 Å². The molecular formula is C19H22N2O2. The summed E-state index contributed by atoms with van der Waals surface area (Å²) >= 11 is 0. The monoisotopic (exact) mass is 310 g/mol. The van der Waals surface area contributed by atoms with Crippen LogP contribution in [0.15, 0.2) is 60.7 Å². The Morgan fingerprint density at radius 2 is 1.57 bits per heavy atom. The molecule has 120 valence electrons. The van der Waals surface area contributed by atoms with Gasteiger partial charge in [0, 0.05) is 25.6 Å². The first-order valence-electron chi connectivity index (χ1n) is 7.73. The minimum atomic E-state index is -0.155. The Hall–Kier alpha value is -2.62. The lowest BCUT2D eigenvalue weighted by Crippen LogP contribution is -2.33. The van der Waals surface area contributed by atoms with Crippen LogP contribution in [0.4, 0.5) is 0 Å². The summed E-state index contributed by atoms with van der Waals surface area (Å²) in [4.78, 5) is 25.9. The van der Waals surface area contributed by atoms with Gasteiger partial charge in [-0.2, -0.15) is 0 Å². The van der Waals surface area contributed by atoms with Crippen molar-refractivity contribution in [2.45, 2.75) is 19.4 Å². The van der Waals surface area contributed by atoms with Crippen LogP contribution in [0.1, 0.15) is 35.3 Å². The summed E-state index contributed by atoms with van der Waals surface area (Å²) in [5.41, 5.74) is 1.70. The van der Waals surface area contributed by atoms with Gasteiger partial charge in [-0.05, 0) is 24.6 Å². The maximum atomic E-state index is 12.3. The summed E-state index contributed by atoms with van der Waals surface area (Å²) < 4.78 is 0. The van der Waals surface area contributed by atoms with Gasteiger partial charge in [0.25, 0.3) is 5.91 Å². The molecular weight excluding hydrogens is 288 g/mol. The average Bonchev–Trinajstić information content (AvgIpc) is 2.61. The zero-order valence-corrected chi connectivity index (χ0v) is 13.5. The van der Waals surface area contributed by atoms with E-state index < -0.39 is 0 Å². The van der Waals surface area contributed by atoms with Gasteiger partial charge in [0.2, 0.25) is 5.91 Å². The predicted molar refractivity (Wildman–Crippen MR) is 91.0 cm³/mol. The molecule has 2 amide bonds. The van der Waals surface area contributed by atoms with E-state index >= 15 is 0 Å². The number of hydrogen-bond acceptors (Lipinski definition) is 2. The molecule has 1 unspecified atom stereocenters. The fourth-order valence-electron chi connectivity index (χ4n) is 2.32. The van der Waals surface area contributed by atoms with Crippen LogP contribution in [0.3, 0.4) is 0 Å².